The van der Waals surface area contributed by atoms with Gasteiger partial charge in [0.05, 0.1) is 22.7 Å². The Kier molecular flexibility index (Phi) is 7.78. The van der Waals surface area contributed by atoms with Crippen LogP contribution in [0.5, 0.6) is 5.75 Å². The quantitative estimate of drug-likeness (QED) is 0.212. The van der Waals surface area contributed by atoms with Crippen LogP contribution in [0.1, 0.15) is 10.4 Å². The van der Waals surface area contributed by atoms with Crippen molar-refractivity contribution in [3.8, 4) is 22.8 Å². The number of carbonyl (C=O) groups is 1. The van der Waals surface area contributed by atoms with E-state index in [-0.39, 0.29) is 16.4 Å². The first kappa shape index (κ1) is 26.9. The molecule has 4 aromatic carbocycles. The lowest BCUT2D eigenvalue weighted by atomic mass is 10.2. The molecule has 0 unspecified atom stereocenters. The number of carbonyl (C=O) groups excluding carboxylic acids is 1. The Morgan fingerprint density at radius 1 is 0.900 bits per heavy atom. The molecule has 5 rings (SSSR count). The Morgan fingerprint density at radius 3 is 2.35 bits per heavy atom. The molecule has 0 saturated carbocycles. The van der Waals surface area contributed by atoms with E-state index in [9.17, 15) is 13.2 Å². The maximum Gasteiger partial charge on any atom is 0.266 e. The third-order valence-corrected chi connectivity index (χ3v) is 7.37. The fourth-order valence-corrected chi connectivity index (χ4v) is 4.86. The SMILES string of the molecule is COc1ccc(S(=O)(=O)NNC(=O)c2cccc(Nc3nc(-c4ccccc4Cl)n(-c4ccccc4)n3)c2)cc1. The molecule has 12 heteroatoms. The van der Waals surface area contributed by atoms with Gasteiger partial charge in [0.1, 0.15) is 5.75 Å². The van der Waals surface area contributed by atoms with Gasteiger partial charge in [-0.05, 0) is 66.7 Å². The molecule has 5 aromatic rings. The number of rotatable bonds is 9. The molecule has 0 fully saturated rings. The molecule has 0 saturated heterocycles. The average molecular weight is 575 g/mol. The van der Waals surface area contributed by atoms with Crippen molar-refractivity contribution in [3.63, 3.8) is 0 Å². The van der Waals surface area contributed by atoms with E-state index in [1.807, 2.05) is 48.5 Å². The van der Waals surface area contributed by atoms with Crippen molar-refractivity contribution < 1.29 is 17.9 Å². The highest BCUT2D eigenvalue weighted by Gasteiger charge is 2.18. The Labute approximate surface area is 235 Å². The number of halogens is 1. The van der Waals surface area contributed by atoms with Gasteiger partial charge in [-0.15, -0.1) is 9.93 Å². The minimum Gasteiger partial charge on any atom is -0.497 e. The molecule has 0 atom stereocenters. The molecule has 0 radical (unpaired) electrons. The van der Waals surface area contributed by atoms with Crippen molar-refractivity contribution in [3.05, 3.63) is 114 Å². The van der Waals surface area contributed by atoms with Crippen LogP contribution < -0.4 is 20.3 Å². The number of amides is 1. The topological polar surface area (TPSA) is 127 Å². The number of para-hydroxylation sites is 1. The average Bonchev–Trinajstić information content (AvgIpc) is 3.40. The van der Waals surface area contributed by atoms with Gasteiger partial charge >= 0.3 is 0 Å². The monoisotopic (exact) mass is 574 g/mol. The molecule has 0 spiro atoms. The first-order valence-corrected chi connectivity index (χ1v) is 13.8. The van der Waals surface area contributed by atoms with E-state index < -0.39 is 15.9 Å². The first-order chi connectivity index (χ1) is 19.3. The van der Waals surface area contributed by atoms with Gasteiger partial charge in [0.25, 0.3) is 15.9 Å². The molecule has 202 valence electrons. The number of methoxy groups -OCH3 is 1. The fourth-order valence-electron chi connectivity index (χ4n) is 3.80. The van der Waals surface area contributed by atoms with Gasteiger partial charge in [-0.2, -0.15) is 4.98 Å². The molecule has 0 bridgehead atoms. The highest BCUT2D eigenvalue weighted by molar-refractivity contribution is 7.89. The largest absolute Gasteiger partial charge is 0.497 e. The zero-order valence-electron chi connectivity index (χ0n) is 21.1. The van der Waals surface area contributed by atoms with Crippen LogP contribution in [-0.4, -0.2) is 36.2 Å². The van der Waals surface area contributed by atoms with E-state index in [4.69, 9.17) is 16.3 Å². The summed E-state index contributed by atoms with van der Waals surface area (Å²) in [6, 6.07) is 29.1. The van der Waals surface area contributed by atoms with Crippen LogP contribution in [0.4, 0.5) is 11.6 Å². The highest BCUT2D eigenvalue weighted by atomic mass is 35.5. The van der Waals surface area contributed by atoms with Crippen LogP contribution in [0.15, 0.2) is 108 Å². The molecule has 1 heterocycles. The van der Waals surface area contributed by atoms with Crippen molar-refractivity contribution in [2.45, 2.75) is 4.90 Å². The molecule has 3 N–H and O–H groups in total. The minimum atomic E-state index is -3.99. The van der Waals surface area contributed by atoms with Gasteiger partial charge in [0, 0.05) is 16.8 Å². The van der Waals surface area contributed by atoms with E-state index >= 15 is 0 Å². The van der Waals surface area contributed by atoms with E-state index in [0.717, 1.165) is 5.69 Å². The Bertz CT molecular complexity index is 1760. The lowest BCUT2D eigenvalue weighted by Crippen LogP contribution is -2.41. The van der Waals surface area contributed by atoms with Crippen molar-refractivity contribution in [1.29, 1.82) is 0 Å². The van der Waals surface area contributed by atoms with Crippen LogP contribution in [0, 0.1) is 0 Å². The smallest absolute Gasteiger partial charge is 0.266 e. The van der Waals surface area contributed by atoms with Crippen LogP contribution in [-0.2, 0) is 10.0 Å². The molecule has 1 amide bonds. The van der Waals surface area contributed by atoms with Gasteiger partial charge in [-0.3, -0.25) is 10.2 Å². The van der Waals surface area contributed by atoms with Crippen molar-refractivity contribution in [2.75, 3.05) is 12.4 Å². The molecular weight excluding hydrogens is 552 g/mol. The molecule has 40 heavy (non-hydrogen) atoms. The van der Waals surface area contributed by atoms with E-state index in [1.165, 1.54) is 31.4 Å². The number of nitrogens with one attached hydrogen (secondary N) is 3. The second-order valence-corrected chi connectivity index (χ2v) is 10.5. The molecule has 0 aliphatic heterocycles. The highest BCUT2D eigenvalue weighted by Crippen LogP contribution is 2.29. The van der Waals surface area contributed by atoms with E-state index in [2.05, 4.69) is 25.7 Å². The number of ether oxygens (including phenoxy) is 1. The molecule has 1 aromatic heterocycles. The number of anilines is 2. The Balaban J connectivity index is 1.35. The van der Waals surface area contributed by atoms with Crippen molar-refractivity contribution in [2.24, 2.45) is 0 Å². The zero-order chi connectivity index (χ0) is 28.1. The summed E-state index contributed by atoms with van der Waals surface area (Å²) < 4.78 is 31.8. The second-order valence-electron chi connectivity index (χ2n) is 8.43. The summed E-state index contributed by atoms with van der Waals surface area (Å²) in [4.78, 5) is 19.5. The normalized spacial score (nSPS) is 11.2. The number of hydrazine groups is 1. The Morgan fingerprint density at radius 2 is 1.62 bits per heavy atom. The number of sulfonamides is 1. The predicted molar refractivity (Wildman–Crippen MR) is 152 cm³/mol. The number of benzene rings is 4. The first-order valence-electron chi connectivity index (χ1n) is 11.9. The van der Waals surface area contributed by atoms with Gasteiger partial charge in [-0.25, -0.2) is 13.1 Å². The maximum atomic E-state index is 12.8. The Hall–Kier alpha value is -4.71. The molecule has 0 aliphatic carbocycles. The number of nitrogens with zero attached hydrogens (tertiary/aromatic N) is 3. The summed E-state index contributed by atoms with van der Waals surface area (Å²) in [6.45, 7) is 0. The third-order valence-electron chi connectivity index (χ3n) is 5.77. The summed E-state index contributed by atoms with van der Waals surface area (Å²) in [7, 11) is -2.51. The predicted octanol–water partition coefficient (Wildman–Crippen LogP) is 4.96. The van der Waals surface area contributed by atoms with Crippen molar-refractivity contribution >= 4 is 39.2 Å². The molecular formula is C28H23ClN6O4S. The van der Waals surface area contributed by atoms with Crippen LogP contribution in [0.2, 0.25) is 5.02 Å². The summed E-state index contributed by atoms with van der Waals surface area (Å²) in [5, 5.41) is 8.25. The lowest BCUT2D eigenvalue weighted by molar-refractivity contribution is 0.0945. The number of hydrogen-bond donors (Lipinski definition) is 3. The molecule has 0 aliphatic rings. The molecule has 10 nitrogen and oxygen atoms in total. The number of hydrogen-bond acceptors (Lipinski definition) is 7. The van der Waals surface area contributed by atoms with Crippen molar-refractivity contribution in [1.82, 2.24) is 25.0 Å². The van der Waals surface area contributed by atoms with Crippen LogP contribution in [0.3, 0.4) is 0 Å². The van der Waals surface area contributed by atoms with E-state index in [0.29, 0.717) is 27.8 Å². The second kappa shape index (κ2) is 11.6. The standard InChI is InChI=1S/C28H23ClN6O4S/c1-39-22-14-16-23(17-15-22)40(37,38)34-32-27(36)19-8-7-9-20(18-19)30-28-31-26(24-12-5-6-13-25(24)29)35(33-28)21-10-3-2-4-11-21/h2-18,34H,1H3,(H,30,33)(H,32,36). The van der Waals surface area contributed by atoms with Gasteiger partial charge in [0.2, 0.25) is 5.95 Å². The minimum absolute atomic E-state index is 0.0292. The summed E-state index contributed by atoms with van der Waals surface area (Å²) in [5.74, 6) is 0.660. The number of aromatic nitrogens is 3. The summed E-state index contributed by atoms with van der Waals surface area (Å²) in [6.07, 6.45) is 0. The third kappa shape index (κ3) is 5.96. The van der Waals surface area contributed by atoms with E-state index in [1.54, 1.807) is 35.0 Å². The lowest BCUT2D eigenvalue weighted by Gasteiger charge is -2.10. The van der Waals surface area contributed by atoms with Crippen LogP contribution in [0.25, 0.3) is 17.1 Å². The van der Waals surface area contributed by atoms with Gasteiger partial charge in [0.15, 0.2) is 5.82 Å². The fraction of sp³-hybridized carbons (Fsp3) is 0.0357. The summed E-state index contributed by atoms with van der Waals surface area (Å²) in [5.41, 5.74) is 4.44. The van der Waals surface area contributed by atoms with Gasteiger partial charge < -0.3 is 10.1 Å². The zero-order valence-corrected chi connectivity index (χ0v) is 22.6. The summed E-state index contributed by atoms with van der Waals surface area (Å²) >= 11 is 6.46. The maximum absolute atomic E-state index is 12.8. The van der Waals surface area contributed by atoms with Crippen LogP contribution >= 0.6 is 11.6 Å². The van der Waals surface area contributed by atoms with Gasteiger partial charge in [-0.1, -0.05) is 48.0 Å².